The van der Waals surface area contributed by atoms with Crippen LogP contribution in [-0.4, -0.2) is 31.8 Å². The van der Waals surface area contributed by atoms with E-state index >= 15 is 0 Å². The van der Waals surface area contributed by atoms with Gasteiger partial charge in [0.1, 0.15) is 15.6 Å². The number of carbonyl (C=O) groups excluding carboxylic acids is 1. The molecular formula is C24H19N3O4S3. The van der Waals surface area contributed by atoms with Crippen LogP contribution in [0, 0.1) is 0 Å². The molecule has 1 aromatic heterocycles. The number of carbonyl (C=O) groups is 1. The molecule has 4 aromatic rings. The molecule has 172 valence electrons. The second-order valence-electron chi connectivity index (χ2n) is 7.15. The van der Waals surface area contributed by atoms with Crippen LogP contribution in [0.1, 0.15) is 14.7 Å². The van der Waals surface area contributed by atoms with Crippen molar-refractivity contribution in [1.82, 2.24) is 4.98 Å². The van der Waals surface area contributed by atoms with Gasteiger partial charge in [-0.2, -0.15) is 0 Å². The zero-order valence-corrected chi connectivity index (χ0v) is 20.3. The van der Waals surface area contributed by atoms with Crippen molar-refractivity contribution in [3.63, 3.8) is 0 Å². The SMILES string of the molecule is COc1ccc(-c2nc(C=S)sc2C(=O)Nc2ccc(-c3ccccc3S(N)(=O)=O)cc2)cc1. The van der Waals surface area contributed by atoms with Gasteiger partial charge < -0.3 is 10.1 Å². The quantitative estimate of drug-likeness (QED) is 0.348. The molecule has 10 heteroatoms. The van der Waals surface area contributed by atoms with Crippen LogP contribution in [0.2, 0.25) is 0 Å². The molecule has 0 radical (unpaired) electrons. The molecule has 1 amide bonds. The Labute approximate surface area is 206 Å². The van der Waals surface area contributed by atoms with Crippen molar-refractivity contribution < 1.29 is 17.9 Å². The number of amides is 1. The first-order valence-corrected chi connectivity index (χ1v) is 12.8. The number of aromatic nitrogens is 1. The second kappa shape index (κ2) is 9.82. The fourth-order valence-electron chi connectivity index (χ4n) is 3.36. The molecule has 0 saturated carbocycles. The predicted octanol–water partition coefficient (Wildman–Crippen LogP) is 4.73. The Morgan fingerprint density at radius 2 is 1.68 bits per heavy atom. The number of methoxy groups -OCH3 is 1. The Kier molecular flexibility index (Phi) is 6.85. The Morgan fingerprint density at radius 1 is 1.03 bits per heavy atom. The van der Waals surface area contributed by atoms with Crippen LogP contribution in [0.4, 0.5) is 5.69 Å². The normalized spacial score (nSPS) is 11.1. The maximum Gasteiger partial charge on any atom is 0.268 e. The lowest BCUT2D eigenvalue weighted by Gasteiger charge is -2.10. The number of nitrogens with zero attached hydrogens (tertiary/aromatic N) is 1. The molecule has 1 heterocycles. The van der Waals surface area contributed by atoms with Gasteiger partial charge in [-0.15, -0.1) is 11.3 Å². The van der Waals surface area contributed by atoms with Crippen molar-refractivity contribution in [2.45, 2.75) is 4.90 Å². The van der Waals surface area contributed by atoms with Gasteiger partial charge >= 0.3 is 0 Å². The first-order chi connectivity index (χ1) is 16.3. The minimum atomic E-state index is -3.88. The van der Waals surface area contributed by atoms with Gasteiger partial charge in [0.05, 0.1) is 17.7 Å². The van der Waals surface area contributed by atoms with Crippen LogP contribution < -0.4 is 15.2 Å². The first-order valence-electron chi connectivity index (χ1n) is 9.94. The third kappa shape index (κ3) is 5.05. The second-order valence-corrected chi connectivity index (χ2v) is 9.95. The van der Waals surface area contributed by atoms with E-state index < -0.39 is 10.0 Å². The molecule has 4 rings (SSSR count). The Balaban J connectivity index is 1.61. The van der Waals surface area contributed by atoms with Crippen molar-refractivity contribution >= 4 is 50.5 Å². The van der Waals surface area contributed by atoms with Crippen molar-refractivity contribution in [3.05, 3.63) is 82.7 Å². The molecule has 0 aliphatic rings. The van der Waals surface area contributed by atoms with Gasteiger partial charge in [-0.3, -0.25) is 4.79 Å². The van der Waals surface area contributed by atoms with Crippen LogP contribution in [0.15, 0.2) is 77.7 Å². The number of benzene rings is 3. The summed E-state index contributed by atoms with van der Waals surface area (Å²) in [5, 5.41) is 10.2. The summed E-state index contributed by atoms with van der Waals surface area (Å²) in [7, 11) is -2.29. The molecule has 0 aliphatic heterocycles. The number of nitrogens with two attached hydrogens (primary N) is 1. The highest BCUT2D eigenvalue weighted by molar-refractivity contribution is 7.89. The maximum atomic E-state index is 13.1. The minimum Gasteiger partial charge on any atom is -0.497 e. The zero-order valence-electron chi connectivity index (χ0n) is 17.9. The topological polar surface area (TPSA) is 111 Å². The van der Waals surface area contributed by atoms with Crippen molar-refractivity contribution in [3.8, 4) is 28.1 Å². The largest absolute Gasteiger partial charge is 0.497 e. The van der Waals surface area contributed by atoms with Crippen LogP contribution in [-0.2, 0) is 10.0 Å². The van der Waals surface area contributed by atoms with E-state index in [0.717, 1.165) is 5.56 Å². The summed E-state index contributed by atoms with van der Waals surface area (Å²) < 4.78 is 29.0. The summed E-state index contributed by atoms with van der Waals surface area (Å²) in [6.07, 6.45) is 0. The average molecular weight is 510 g/mol. The Hall–Kier alpha value is -3.44. The van der Waals surface area contributed by atoms with Crippen molar-refractivity contribution in [2.24, 2.45) is 5.14 Å². The van der Waals surface area contributed by atoms with E-state index in [1.165, 1.54) is 22.8 Å². The van der Waals surface area contributed by atoms with Crippen LogP contribution in [0.5, 0.6) is 5.75 Å². The van der Waals surface area contributed by atoms with E-state index in [0.29, 0.717) is 38.1 Å². The lowest BCUT2D eigenvalue weighted by atomic mass is 10.1. The highest BCUT2D eigenvalue weighted by atomic mass is 32.2. The maximum absolute atomic E-state index is 13.1. The molecule has 3 N–H and O–H groups in total. The van der Waals surface area contributed by atoms with Crippen LogP contribution in [0.3, 0.4) is 0 Å². The average Bonchev–Trinajstić information content (AvgIpc) is 3.29. The fourth-order valence-corrected chi connectivity index (χ4v) is 5.12. The lowest BCUT2D eigenvalue weighted by Crippen LogP contribution is -2.13. The number of thiocarbonyl (C=S) groups is 1. The summed E-state index contributed by atoms with van der Waals surface area (Å²) in [5.41, 5.74) is 2.97. The number of ether oxygens (including phenoxy) is 1. The van der Waals surface area contributed by atoms with Crippen LogP contribution in [0.25, 0.3) is 22.4 Å². The van der Waals surface area contributed by atoms with Gasteiger partial charge in [-0.25, -0.2) is 18.5 Å². The predicted molar refractivity (Wildman–Crippen MR) is 138 cm³/mol. The summed E-state index contributed by atoms with van der Waals surface area (Å²) in [4.78, 5) is 18.0. The van der Waals surface area contributed by atoms with E-state index in [1.54, 1.807) is 61.7 Å². The third-order valence-electron chi connectivity index (χ3n) is 4.96. The Bertz CT molecular complexity index is 1460. The molecule has 0 atom stereocenters. The molecule has 0 aliphatic carbocycles. The number of sulfonamides is 1. The van der Waals surface area contributed by atoms with Gasteiger partial charge in [0.2, 0.25) is 10.0 Å². The zero-order chi connectivity index (χ0) is 24.3. The summed E-state index contributed by atoms with van der Waals surface area (Å²) >= 11 is 6.22. The number of anilines is 1. The molecule has 3 aromatic carbocycles. The number of hydrogen-bond acceptors (Lipinski definition) is 7. The van der Waals surface area contributed by atoms with E-state index in [1.807, 2.05) is 12.1 Å². The molecular weight excluding hydrogens is 490 g/mol. The summed E-state index contributed by atoms with van der Waals surface area (Å²) in [6, 6.07) is 20.6. The molecule has 0 fully saturated rings. The van der Waals surface area contributed by atoms with Gasteiger partial charge in [0.15, 0.2) is 0 Å². The molecule has 0 saturated heterocycles. The van der Waals surface area contributed by atoms with E-state index in [4.69, 9.17) is 22.1 Å². The number of hydrogen-bond donors (Lipinski definition) is 2. The molecule has 0 unspecified atom stereocenters. The number of primary sulfonamides is 1. The summed E-state index contributed by atoms with van der Waals surface area (Å²) in [6.45, 7) is 0. The van der Waals surface area contributed by atoms with Gasteiger partial charge in [-0.05, 0) is 48.0 Å². The number of nitrogens with one attached hydrogen (secondary N) is 1. The smallest absolute Gasteiger partial charge is 0.268 e. The standard InChI is InChI=1S/C24H19N3O4S3/c1-31-18-12-8-16(9-13-18)22-23(33-21(14-32)27-22)24(28)26-17-10-6-15(7-11-17)19-4-2-3-5-20(19)34(25,29)30/h2-14H,1H3,(H,26,28)(H2,25,29,30). The molecule has 0 spiro atoms. The van der Waals surface area contributed by atoms with Gasteiger partial charge in [0, 0.05) is 22.2 Å². The molecule has 7 nitrogen and oxygen atoms in total. The number of thiazole rings is 1. The molecule has 0 bridgehead atoms. The Morgan fingerprint density at radius 3 is 2.29 bits per heavy atom. The highest BCUT2D eigenvalue weighted by Crippen LogP contribution is 2.31. The van der Waals surface area contributed by atoms with E-state index in [9.17, 15) is 13.2 Å². The van der Waals surface area contributed by atoms with Gasteiger partial charge in [0.25, 0.3) is 5.91 Å². The third-order valence-corrected chi connectivity index (χ3v) is 7.30. The van der Waals surface area contributed by atoms with Crippen molar-refractivity contribution in [1.29, 1.82) is 0 Å². The fraction of sp³-hybridized carbons (Fsp3) is 0.0417. The molecule has 34 heavy (non-hydrogen) atoms. The van der Waals surface area contributed by atoms with Gasteiger partial charge in [-0.1, -0.05) is 42.5 Å². The van der Waals surface area contributed by atoms with E-state index in [2.05, 4.69) is 10.3 Å². The van der Waals surface area contributed by atoms with Crippen molar-refractivity contribution in [2.75, 3.05) is 12.4 Å². The van der Waals surface area contributed by atoms with Crippen LogP contribution >= 0.6 is 23.6 Å². The number of rotatable bonds is 7. The summed E-state index contributed by atoms with van der Waals surface area (Å²) in [5.74, 6) is 0.369. The highest BCUT2D eigenvalue weighted by Gasteiger charge is 2.20. The monoisotopic (exact) mass is 509 g/mol. The minimum absolute atomic E-state index is 0.0354. The van der Waals surface area contributed by atoms with E-state index in [-0.39, 0.29) is 10.8 Å². The first kappa shape index (κ1) is 23.7. The lowest BCUT2D eigenvalue weighted by molar-refractivity contribution is 0.103.